The van der Waals surface area contributed by atoms with E-state index in [1.165, 1.54) is 35.7 Å². The molecule has 0 aliphatic carbocycles. The number of para-hydroxylation sites is 1. The number of nitrogens with zero attached hydrogens (tertiary/aromatic N) is 4. The van der Waals surface area contributed by atoms with E-state index < -0.39 is 61.6 Å². The third-order valence-electron chi connectivity index (χ3n) is 8.72. The lowest BCUT2D eigenvalue weighted by Crippen LogP contribution is -2.41. The van der Waals surface area contributed by atoms with Gasteiger partial charge in [-0.1, -0.05) is 65.7 Å². The fourth-order valence-electron chi connectivity index (χ4n) is 5.27. The number of esters is 1. The highest BCUT2D eigenvalue weighted by atomic mass is 32.2. The predicted octanol–water partition coefficient (Wildman–Crippen LogP) is 4.02. The number of benzene rings is 1. The van der Waals surface area contributed by atoms with Crippen LogP contribution in [0, 0.1) is 22.7 Å². The van der Waals surface area contributed by atoms with Crippen LogP contribution in [0.4, 0.5) is 5.82 Å². The summed E-state index contributed by atoms with van der Waals surface area (Å²) in [6, 6.07) is 11.8. The number of anilines is 1. The lowest BCUT2D eigenvalue weighted by atomic mass is 9.92. The van der Waals surface area contributed by atoms with Crippen LogP contribution < -0.4 is 14.9 Å². The Morgan fingerprint density at radius 1 is 1.13 bits per heavy atom. The summed E-state index contributed by atoms with van der Waals surface area (Å²) in [5, 5.41) is 42.2. The van der Waals surface area contributed by atoms with Gasteiger partial charge in [0.2, 0.25) is 11.5 Å². The number of aromatic nitrogens is 3. The molecule has 0 spiro atoms. The van der Waals surface area contributed by atoms with Crippen molar-refractivity contribution in [1.29, 1.82) is 5.26 Å². The van der Waals surface area contributed by atoms with Crippen LogP contribution in [0.25, 0.3) is 5.52 Å². The predicted molar refractivity (Wildman–Crippen MR) is 196 cm³/mol. The van der Waals surface area contributed by atoms with E-state index in [-0.39, 0.29) is 52.6 Å². The summed E-state index contributed by atoms with van der Waals surface area (Å²) in [4.78, 5) is 41.9. The molecule has 288 valence electrons. The van der Waals surface area contributed by atoms with Crippen molar-refractivity contribution in [2.45, 2.75) is 84.3 Å². The molecule has 0 radical (unpaired) electrons. The van der Waals surface area contributed by atoms with Gasteiger partial charge in [-0.2, -0.15) is 15.4 Å². The summed E-state index contributed by atoms with van der Waals surface area (Å²) in [5.41, 5.74) is -2.48. The molecule has 3 heterocycles. The Morgan fingerprint density at radius 2 is 1.83 bits per heavy atom. The second-order valence-electron chi connectivity index (χ2n) is 13.6. The Balaban J connectivity index is 1.51. The molecule has 1 fully saturated rings. The maximum Gasteiger partial charge on any atom is 0.459 e. The molecule has 16 nitrogen and oxygen atoms in total. The van der Waals surface area contributed by atoms with Crippen LogP contribution in [0.2, 0.25) is 0 Å². The molecule has 1 amide bonds. The molecule has 1 aromatic carbocycles. The van der Waals surface area contributed by atoms with E-state index in [0.717, 1.165) is 30.9 Å². The first-order chi connectivity index (χ1) is 25.1. The number of nitriles is 1. The molecule has 0 bridgehead atoms. The normalized spacial score (nSPS) is 21.8. The van der Waals surface area contributed by atoms with Crippen LogP contribution in [0.15, 0.2) is 48.8 Å². The van der Waals surface area contributed by atoms with Crippen LogP contribution >= 0.6 is 19.5 Å². The van der Waals surface area contributed by atoms with Crippen molar-refractivity contribution in [3.8, 4) is 11.8 Å². The molecular formula is C35H47N6O10PS. The number of ether oxygens (including phenoxy) is 2. The van der Waals surface area contributed by atoms with Gasteiger partial charge in [0.25, 0.3) is 0 Å². The molecule has 1 saturated heterocycles. The Hall–Kier alpha value is -3.88. The molecule has 1 aliphatic heterocycles. The molecule has 2 aromatic heterocycles. The Morgan fingerprint density at radius 3 is 2.47 bits per heavy atom. The number of carbonyl (C=O) groups excluding carboxylic acids is 3. The van der Waals surface area contributed by atoms with Crippen LogP contribution in [0.1, 0.15) is 60.1 Å². The quantitative estimate of drug-likeness (QED) is 0.106. The standard InChI is InChI=1S/C35H47N6O10PS/c1-7-23(8-2)16-48-33(46)22(3)40-52(47,51-24-12-10-9-11-13-24)49-17-26-30(44)31(45)35(20-36,50-26)27-15-14-25-32(37-21-38-41(25)27)39-29(43)19-53-18-28(42)34(4,5)6/h9-15,21-23,26,30-31,44-45H,7-8,16-19H2,1-6H3,(H,40,47)(H,37,38,39,43)/t22-,26+,30+,31+,35-,52-/m0/s1. The van der Waals surface area contributed by atoms with E-state index in [0.29, 0.717) is 0 Å². The highest BCUT2D eigenvalue weighted by molar-refractivity contribution is 8.00. The summed E-state index contributed by atoms with van der Waals surface area (Å²) in [6.07, 6.45) is -2.22. The minimum absolute atomic E-state index is 0.00257. The maximum atomic E-state index is 14.1. The zero-order chi connectivity index (χ0) is 39.0. The van der Waals surface area contributed by atoms with Gasteiger partial charge in [-0.25, -0.2) is 14.1 Å². The van der Waals surface area contributed by atoms with Crippen molar-refractivity contribution in [3.63, 3.8) is 0 Å². The number of amides is 1. The van der Waals surface area contributed by atoms with Gasteiger partial charge < -0.3 is 29.5 Å². The van der Waals surface area contributed by atoms with Gasteiger partial charge in [0.1, 0.15) is 53.8 Å². The first-order valence-corrected chi connectivity index (χ1v) is 19.9. The minimum atomic E-state index is -4.40. The van der Waals surface area contributed by atoms with Crippen LogP contribution in [-0.2, 0) is 38.5 Å². The number of aliphatic hydroxyl groups excluding tert-OH is 2. The van der Waals surface area contributed by atoms with E-state index in [1.807, 2.05) is 19.9 Å². The number of aliphatic hydroxyl groups is 2. The second-order valence-corrected chi connectivity index (χ2v) is 16.3. The van der Waals surface area contributed by atoms with Gasteiger partial charge in [0, 0.05) is 5.41 Å². The molecule has 3 aromatic rings. The minimum Gasteiger partial charge on any atom is -0.464 e. The summed E-state index contributed by atoms with van der Waals surface area (Å²) in [7, 11) is -4.40. The average Bonchev–Trinajstić information content (AvgIpc) is 3.67. The van der Waals surface area contributed by atoms with Gasteiger partial charge in [-0.05, 0) is 37.1 Å². The molecule has 18 heteroatoms. The third kappa shape index (κ3) is 10.2. The number of fused-ring (bicyclic) bond motifs is 1. The summed E-state index contributed by atoms with van der Waals surface area (Å²) in [5.74, 6) is -0.552. The molecule has 0 saturated carbocycles. The van der Waals surface area contributed by atoms with Gasteiger partial charge in [0.05, 0.1) is 30.4 Å². The first kappa shape index (κ1) is 41.9. The SMILES string of the molecule is CCC(CC)COC(=O)[C@H](C)N[P@](=O)(OC[C@H]1O[C@@](C#N)(c2ccc3c(NC(=O)CSCC(=O)C(C)(C)C)ncnn23)[C@H](O)[C@@H]1O)Oc1ccccc1. The zero-order valence-electron chi connectivity index (χ0n) is 30.6. The smallest absolute Gasteiger partial charge is 0.459 e. The van der Waals surface area contributed by atoms with Crippen molar-refractivity contribution in [3.05, 3.63) is 54.5 Å². The fraction of sp³-hybridized carbons (Fsp3) is 0.543. The average molecular weight is 775 g/mol. The van der Waals surface area contributed by atoms with E-state index in [2.05, 4.69) is 20.5 Å². The van der Waals surface area contributed by atoms with Crippen molar-refractivity contribution in [2.24, 2.45) is 11.3 Å². The summed E-state index contributed by atoms with van der Waals surface area (Å²) < 4.78 is 38.1. The Bertz CT molecular complexity index is 1830. The molecular weight excluding hydrogens is 727 g/mol. The number of rotatable bonds is 18. The lowest BCUT2D eigenvalue weighted by Gasteiger charge is -2.25. The Labute approximate surface area is 312 Å². The van der Waals surface area contributed by atoms with Crippen LogP contribution in [0.3, 0.4) is 0 Å². The largest absolute Gasteiger partial charge is 0.464 e. The second kappa shape index (κ2) is 18.0. The first-order valence-electron chi connectivity index (χ1n) is 17.2. The van der Waals surface area contributed by atoms with Gasteiger partial charge in [-0.15, -0.1) is 11.8 Å². The molecule has 53 heavy (non-hydrogen) atoms. The van der Waals surface area contributed by atoms with Gasteiger partial charge >= 0.3 is 13.7 Å². The van der Waals surface area contributed by atoms with Gasteiger partial charge in [-0.3, -0.25) is 18.9 Å². The van der Waals surface area contributed by atoms with E-state index in [1.54, 1.807) is 39.0 Å². The molecule has 4 N–H and O–H groups in total. The van der Waals surface area contributed by atoms with Crippen molar-refractivity contribution in [1.82, 2.24) is 19.7 Å². The highest BCUT2D eigenvalue weighted by Crippen LogP contribution is 2.47. The molecule has 1 aliphatic rings. The van der Waals surface area contributed by atoms with Crippen LogP contribution in [0.5, 0.6) is 5.75 Å². The third-order valence-corrected chi connectivity index (χ3v) is 11.3. The van der Waals surface area contributed by atoms with Crippen molar-refractivity contribution >= 4 is 48.5 Å². The number of carbonyl (C=O) groups is 3. The highest BCUT2D eigenvalue weighted by Gasteiger charge is 2.58. The zero-order valence-corrected chi connectivity index (χ0v) is 32.3. The van der Waals surface area contributed by atoms with E-state index in [4.69, 9.17) is 18.5 Å². The lowest BCUT2D eigenvalue weighted by molar-refractivity contribution is -0.146. The summed E-state index contributed by atoms with van der Waals surface area (Å²) >= 11 is 1.16. The number of ketones is 1. The molecule has 6 atom stereocenters. The number of hydrogen-bond acceptors (Lipinski definition) is 14. The molecule has 4 rings (SSSR count). The van der Waals surface area contributed by atoms with Gasteiger partial charge in [0.15, 0.2) is 5.82 Å². The number of nitrogens with one attached hydrogen (secondary N) is 2. The van der Waals surface area contributed by atoms with Crippen LogP contribution in [-0.4, -0.2) is 91.5 Å². The molecule has 0 unspecified atom stereocenters. The van der Waals surface area contributed by atoms with E-state index in [9.17, 15) is 34.4 Å². The van der Waals surface area contributed by atoms with Crippen molar-refractivity contribution in [2.75, 3.05) is 30.0 Å². The van der Waals surface area contributed by atoms with Crippen molar-refractivity contribution < 1.29 is 47.7 Å². The maximum absolute atomic E-state index is 14.1. The van der Waals surface area contributed by atoms with E-state index >= 15 is 0 Å². The number of Topliss-reactive ketones (excluding diaryl/α,β-unsaturated/α-hetero) is 1. The number of thioether (sulfide) groups is 1. The topological polar surface area (TPSA) is 224 Å². The monoisotopic (exact) mass is 774 g/mol. The Kier molecular flexibility index (Phi) is 14.2. The summed E-state index contributed by atoms with van der Waals surface area (Å²) in [6.45, 7) is 10.4. The number of hydrogen-bond donors (Lipinski definition) is 4. The fourth-order valence-corrected chi connectivity index (χ4v) is 7.75.